The monoisotopic (exact) mass is 263 g/mol. The summed E-state index contributed by atoms with van der Waals surface area (Å²) in [5.74, 6) is -0.750. The molecular weight excluding hydrogens is 249 g/mol. The number of hydrogen-bond acceptors (Lipinski definition) is 4. The summed E-state index contributed by atoms with van der Waals surface area (Å²) in [5.41, 5.74) is 5.43. The number of likely N-dealkylation sites (N-methyl/N-ethyl adjacent to an activating group) is 1. The molecule has 0 aliphatic rings. The molecule has 0 unspecified atom stereocenters. The van der Waals surface area contributed by atoms with Gasteiger partial charge in [-0.2, -0.15) is 0 Å². The van der Waals surface area contributed by atoms with Crippen molar-refractivity contribution in [1.82, 2.24) is 9.88 Å². The van der Waals surface area contributed by atoms with Gasteiger partial charge < -0.3 is 15.6 Å². The fourth-order valence-electron chi connectivity index (χ4n) is 1.99. The Balaban J connectivity index is 2.73. The van der Waals surface area contributed by atoms with Crippen LogP contribution in [0.3, 0.4) is 0 Å². The van der Waals surface area contributed by atoms with Crippen molar-refractivity contribution < 1.29 is 9.18 Å². The molecule has 0 saturated heterocycles. The first-order valence-corrected chi connectivity index (χ1v) is 5.69. The molecule has 6 heteroatoms. The summed E-state index contributed by atoms with van der Waals surface area (Å²) in [4.78, 5) is 27.9. The first-order chi connectivity index (χ1) is 8.90. The fraction of sp³-hybridized carbons (Fsp3) is 0.231. The van der Waals surface area contributed by atoms with Gasteiger partial charge in [0, 0.05) is 5.39 Å². The number of pyridine rings is 1. The van der Waals surface area contributed by atoms with Crippen LogP contribution in [0.4, 0.5) is 10.2 Å². The molecule has 1 aromatic carbocycles. The lowest BCUT2D eigenvalue weighted by molar-refractivity contribution is 0.0960. The van der Waals surface area contributed by atoms with Gasteiger partial charge in [0.05, 0.1) is 17.5 Å². The van der Waals surface area contributed by atoms with Crippen LogP contribution in [-0.4, -0.2) is 36.3 Å². The van der Waals surface area contributed by atoms with E-state index in [0.29, 0.717) is 5.39 Å². The third-order valence-corrected chi connectivity index (χ3v) is 2.75. The molecule has 0 aliphatic carbocycles. The maximum absolute atomic E-state index is 13.2. The van der Waals surface area contributed by atoms with Gasteiger partial charge in [-0.3, -0.25) is 9.59 Å². The van der Waals surface area contributed by atoms with Crippen LogP contribution in [0.1, 0.15) is 10.4 Å². The Kier molecular flexibility index (Phi) is 3.35. The number of hydrogen-bond donors (Lipinski definition) is 2. The largest absolute Gasteiger partial charge is 0.385 e. The van der Waals surface area contributed by atoms with Gasteiger partial charge in [-0.15, -0.1) is 0 Å². The number of anilines is 1. The van der Waals surface area contributed by atoms with E-state index in [-0.39, 0.29) is 29.1 Å². The zero-order chi connectivity index (χ0) is 14.2. The number of aromatic amines is 1. The molecule has 0 fully saturated rings. The number of nitrogens with zero attached hydrogens (tertiary/aromatic N) is 1. The van der Waals surface area contributed by atoms with Gasteiger partial charge in [0.15, 0.2) is 5.78 Å². The highest BCUT2D eigenvalue weighted by molar-refractivity contribution is 6.12. The maximum Gasteiger partial charge on any atom is 0.257 e. The molecule has 0 bridgehead atoms. The molecule has 2 aromatic rings. The minimum Gasteiger partial charge on any atom is -0.385 e. The number of aromatic nitrogens is 1. The lowest BCUT2D eigenvalue weighted by atomic mass is 10.0. The van der Waals surface area contributed by atoms with Crippen LogP contribution in [-0.2, 0) is 0 Å². The molecule has 1 heterocycles. The topological polar surface area (TPSA) is 79.2 Å². The number of rotatable bonds is 3. The molecule has 100 valence electrons. The van der Waals surface area contributed by atoms with E-state index in [2.05, 4.69) is 4.98 Å². The predicted molar refractivity (Wildman–Crippen MR) is 71.8 cm³/mol. The highest BCUT2D eigenvalue weighted by atomic mass is 19.1. The highest BCUT2D eigenvalue weighted by Gasteiger charge is 2.17. The Labute approximate surface area is 108 Å². The second-order valence-corrected chi connectivity index (χ2v) is 4.59. The molecule has 3 N–H and O–H groups in total. The lowest BCUT2D eigenvalue weighted by Crippen LogP contribution is -2.24. The number of carbonyl (C=O) groups is 1. The van der Waals surface area contributed by atoms with Crippen LogP contribution in [0.15, 0.2) is 23.0 Å². The summed E-state index contributed by atoms with van der Waals surface area (Å²) < 4.78 is 13.2. The highest BCUT2D eigenvalue weighted by Crippen LogP contribution is 2.21. The van der Waals surface area contributed by atoms with Crippen LogP contribution in [0.2, 0.25) is 0 Å². The molecule has 19 heavy (non-hydrogen) atoms. The normalized spacial score (nSPS) is 11.2. The number of nitrogens with two attached hydrogens (primary N) is 1. The molecule has 1 aromatic heterocycles. The average Bonchev–Trinajstić information content (AvgIpc) is 2.29. The van der Waals surface area contributed by atoms with Gasteiger partial charge in [-0.05, 0) is 26.2 Å². The average molecular weight is 263 g/mol. The summed E-state index contributed by atoms with van der Waals surface area (Å²) in [6, 6.07) is 3.70. The second kappa shape index (κ2) is 4.81. The van der Waals surface area contributed by atoms with E-state index in [1.54, 1.807) is 19.0 Å². The van der Waals surface area contributed by atoms with Crippen LogP contribution in [0, 0.1) is 5.82 Å². The van der Waals surface area contributed by atoms with Crippen molar-refractivity contribution in [2.45, 2.75) is 0 Å². The van der Waals surface area contributed by atoms with Gasteiger partial charge in [0.25, 0.3) is 5.56 Å². The van der Waals surface area contributed by atoms with Crippen molar-refractivity contribution in [3.05, 3.63) is 39.9 Å². The van der Waals surface area contributed by atoms with Crippen LogP contribution in [0.25, 0.3) is 10.8 Å². The Morgan fingerprint density at radius 2 is 2.05 bits per heavy atom. The summed E-state index contributed by atoms with van der Waals surface area (Å²) in [6.45, 7) is 0.155. The van der Waals surface area contributed by atoms with E-state index in [9.17, 15) is 14.0 Å². The molecule has 0 saturated carbocycles. The Morgan fingerprint density at radius 1 is 1.37 bits per heavy atom. The van der Waals surface area contributed by atoms with E-state index in [0.717, 1.165) is 6.07 Å². The first kappa shape index (κ1) is 13.2. The first-order valence-electron chi connectivity index (χ1n) is 5.69. The van der Waals surface area contributed by atoms with Gasteiger partial charge in [0.2, 0.25) is 0 Å². The Morgan fingerprint density at radius 3 is 2.68 bits per heavy atom. The third-order valence-electron chi connectivity index (χ3n) is 2.75. The SMILES string of the molecule is CN(C)CC(=O)c1c(N)[nH]c(=O)c2cc(F)ccc12. The zero-order valence-electron chi connectivity index (χ0n) is 10.7. The zero-order valence-corrected chi connectivity index (χ0v) is 10.7. The number of fused-ring (bicyclic) bond motifs is 1. The lowest BCUT2D eigenvalue weighted by Gasteiger charge is -2.12. The molecule has 5 nitrogen and oxygen atoms in total. The molecule has 2 rings (SSSR count). The van der Waals surface area contributed by atoms with Crippen molar-refractivity contribution in [3.63, 3.8) is 0 Å². The van der Waals surface area contributed by atoms with Crippen LogP contribution < -0.4 is 11.3 Å². The molecule has 0 aliphatic heterocycles. The van der Waals surface area contributed by atoms with Gasteiger partial charge in [-0.25, -0.2) is 4.39 Å². The summed E-state index contributed by atoms with van der Waals surface area (Å²) in [6.07, 6.45) is 0. The summed E-state index contributed by atoms with van der Waals surface area (Å²) in [7, 11) is 3.50. The van der Waals surface area contributed by atoms with E-state index >= 15 is 0 Å². The minimum atomic E-state index is -0.534. The third kappa shape index (κ3) is 2.48. The number of H-pyrrole nitrogens is 1. The van der Waals surface area contributed by atoms with Crippen molar-refractivity contribution in [2.75, 3.05) is 26.4 Å². The maximum atomic E-state index is 13.2. The fourth-order valence-corrected chi connectivity index (χ4v) is 1.99. The molecule has 0 amide bonds. The second-order valence-electron chi connectivity index (χ2n) is 4.59. The number of ketones is 1. The van der Waals surface area contributed by atoms with E-state index in [1.165, 1.54) is 12.1 Å². The predicted octanol–water partition coefficient (Wildman–Crippen LogP) is 0.994. The number of carbonyl (C=O) groups excluding carboxylic acids is 1. The number of Topliss-reactive ketones (excluding diaryl/α,β-unsaturated/α-hetero) is 1. The molecule has 0 atom stereocenters. The quantitative estimate of drug-likeness (QED) is 0.809. The van der Waals surface area contributed by atoms with Crippen molar-refractivity contribution in [1.29, 1.82) is 0 Å². The minimum absolute atomic E-state index is 0.0101. The van der Waals surface area contributed by atoms with Gasteiger partial charge in [0.1, 0.15) is 11.6 Å². The molecule has 0 radical (unpaired) electrons. The number of benzene rings is 1. The Bertz CT molecular complexity index is 707. The number of nitrogen functional groups attached to an aromatic ring is 1. The van der Waals surface area contributed by atoms with Crippen molar-refractivity contribution in [3.8, 4) is 0 Å². The van der Waals surface area contributed by atoms with Crippen LogP contribution >= 0.6 is 0 Å². The summed E-state index contributed by atoms with van der Waals surface area (Å²) >= 11 is 0. The number of nitrogens with one attached hydrogen (secondary N) is 1. The summed E-state index contributed by atoms with van der Waals surface area (Å²) in [5, 5.41) is 0.491. The Hall–Kier alpha value is -2.21. The van der Waals surface area contributed by atoms with Crippen LogP contribution in [0.5, 0.6) is 0 Å². The van der Waals surface area contributed by atoms with Gasteiger partial charge >= 0.3 is 0 Å². The standard InChI is InChI=1S/C13H14FN3O2/c1-17(2)6-10(18)11-8-4-3-7(14)5-9(8)13(19)16-12(11)15/h3-5H,6H2,1-2H3,(H3,15,16,19). The van der Waals surface area contributed by atoms with E-state index < -0.39 is 11.4 Å². The number of halogens is 1. The van der Waals surface area contributed by atoms with Crippen molar-refractivity contribution in [2.24, 2.45) is 0 Å². The molecule has 0 spiro atoms. The molecular formula is C13H14FN3O2. The van der Waals surface area contributed by atoms with E-state index in [1.807, 2.05) is 0 Å². The van der Waals surface area contributed by atoms with Gasteiger partial charge in [-0.1, -0.05) is 6.07 Å². The van der Waals surface area contributed by atoms with E-state index in [4.69, 9.17) is 5.73 Å². The smallest absolute Gasteiger partial charge is 0.257 e. The van der Waals surface area contributed by atoms with Crippen molar-refractivity contribution >= 4 is 22.4 Å².